The van der Waals surface area contributed by atoms with Crippen LogP contribution in [-0.4, -0.2) is 82.3 Å². The Hall–Kier alpha value is -4.05. The van der Waals surface area contributed by atoms with Crippen LogP contribution in [0.1, 0.15) is 322 Å². The van der Waals surface area contributed by atoms with E-state index in [1.54, 1.807) is 0 Å². The normalized spacial score (nSPS) is 13.3. The Balaban J connectivity index is 4.02. The van der Waals surface area contributed by atoms with Crippen LogP contribution in [0.25, 0.3) is 0 Å². The van der Waals surface area contributed by atoms with Gasteiger partial charge in [0.1, 0.15) is 13.2 Å². The van der Waals surface area contributed by atoms with Gasteiger partial charge >= 0.3 is 11.9 Å². The van der Waals surface area contributed by atoms with Gasteiger partial charge in [0.15, 0.2) is 12.4 Å². The Morgan fingerprint density at radius 3 is 0.899 bits per heavy atom. The van der Waals surface area contributed by atoms with Gasteiger partial charge in [-0.05, 0) is 96.3 Å². The lowest BCUT2D eigenvalue weighted by atomic mass is 10.0. The smallest absolute Gasteiger partial charge is 0.306 e. The van der Waals surface area contributed by atoms with Crippen molar-refractivity contribution >= 4 is 17.9 Å². The average Bonchev–Trinajstić information content (AvgIpc) is 3.64. The molecule has 0 aromatic carbocycles. The summed E-state index contributed by atoms with van der Waals surface area (Å²) in [6.45, 7) is 4.55. The molecule has 0 rings (SSSR count). The van der Waals surface area contributed by atoms with E-state index in [0.29, 0.717) is 17.4 Å². The molecular weight excluding hydrogens is 1100 g/mol. The standard InChI is InChI=1S/C80H139NO8/c1-6-8-10-12-14-16-18-20-22-24-26-28-30-32-33-34-35-36-37-38-39-40-41-42-43-44-45-47-49-51-53-55-57-59-61-63-65-67-69-71-78(83)89-76(75-88-80(79(84)85)86-73-72-81(3,4)5)74-87-77(82)70-68-66-64-62-60-58-56-54-52-50-48-46-31-29-27-25-23-21-19-17-15-13-11-9-7-2/h8-11,14-17,20-23,26-29,32-33,76,80H,6-7,12-13,18-19,24-25,30-31,34-75H2,1-5H3/b10-8-,11-9-,16-14-,17-15-,22-20-,23-21-,28-26-,29-27-,33-32-. The topological polar surface area (TPSA) is 111 Å². The second kappa shape index (κ2) is 69.8. The third kappa shape index (κ3) is 71.3. The van der Waals surface area contributed by atoms with E-state index in [-0.39, 0.29) is 38.6 Å². The Morgan fingerprint density at radius 1 is 0.337 bits per heavy atom. The number of likely N-dealkylation sites (N-methyl/N-ethyl adjacent to an activating group) is 1. The van der Waals surface area contributed by atoms with Crippen LogP contribution >= 0.6 is 0 Å². The van der Waals surface area contributed by atoms with Crippen LogP contribution in [-0.2, 0) is 33.3 Å². The molecule has 0 amide bonds. The van der Waals surface area contributed by atoms with Gasteiger partial charge in [0.2, 0.25) is 0 Å². The number of esters is 2. The molecule has 0 saturated heterocycles. The van der Waals surface area contributed by atoms with E-state index in [2.05, 4.69) is 123 Å². The summed E-state index contributed by atoms with van der Waals surface area (Å²) < 4.78 is 22.8. The van der Waals surface area contributed by atoms with E-state index < -0.39 is 24.3 Å². The van der Waals surface area contributed by atoms with Crippen LogP contribution in [0.15, 0.2) is 109 Å². The monoisotopic (exact) mass is 1240 g/mol. The van der Waals surface area contributed by atoms with Crippen molar-refractivity contribution in [3.63, 3.8) is 0 Å². The minimum absolute atomic E-state index is 0.146. The van der Waals surface area contributed by atoms with Crippen LogP contribution in [0.4, 0.5) is 0 Å². The predicted octanol–water partition coefficient (Wildman–Crippen LogP) is 22.0. The quantitative estimate of drug-likeness (QED) is 0.0195. The van der Waals surface area contributed by atoms with Crippen molar-refractivity contribution in [3.05, 3.63) is 109 Å². The zero-order valence-corrected chi connectivity index (χ0v) is 58.5. The highest BCUT2D eigenvalue weighted by atomic mass is 16.7. The second-order valence-corrected chi connectivity index (χ2v) is 25.8. The van der Waals surface area contributed by atoms with E-state index in [1.807, 2.05) is 21.1 Å². The number of nitrogens with zero attached hydrogens (tertiary/aromatic N) is 1. The molecule has 89 heavy (non-hydrogen) atoms. The summed E-state index contributed by atoms with van der Waals surface area (Å²) in [5, 5.41) is 11.8. The first kappa shape index (κ1) is 85.0. The zero-order chi connectivity index (χ0) is 64.7. The molecule has 2 unspecified atom stereocenters. The van der Waals surface area contributed by atoms with Gasteiger partial charge in [0, 0.05) is 12.8 Å². The number of carboxylic acid groups (broad SMARTS) is 1. The van der Waals surface area contributed by atoms with E-state index >= 15 is 0 Å². The van der Waals surface area contributed by atoms with E-state index in [4.69, 9.17) is 18.9 Å². The highest BCUT2D eigenvalue weighted by molar-refractivity contribution is 5.70. The SMILES string of the molecule is CC/C=C\C/C=C\C/C=C\C/C=C\C/C=C\CCCCCCCCCCCCCCCCCCCCCCCCCC(=O)OC(COC(=O)CCCCCCCCCCCCCC/C=C\C/C=C\C/C=C\C/C=C\CC)COC(OCC[N+](C)(C)C)C(=O)[O-]. The molecule has 2 atom stereocenters. The van der Waals surface area contributed by atoms with Crippen molar-refractivity contribution in [3.8, 4) is 0 Å². The number of allylic oxidation sites excluding steroid dienone is 18. The van der Waals surface area contributed by atoms with Gasteiger partial charge < -0.3 is 33.3 Å². The molecule has 0 fully saturated rings. The first-order valence-corrected chi connectivity index (χ1v) is 37.0. The van der Waals surface area contributed by atoms with Gasteiger partial charge in [0.25, 0.3) is 0 Å². The number of quaternary nitrogens is 1. The number of ether oxygens (including phenoxy) is 4. The van der Waals surface area contributed by atoms with Crippen molar-refractivity contribution in [2.75, 3.05) is 47.5 Å². The van der Waals surface area contributed by atoms with Crippen LogP contribution in [0.3, 0.4) is 0 Å². The lowest BCUT2D eigenvalue weighted by molar-refractivity contribution is -0.870. The number of hydrogen-bond donors (Lipinski definition) is 0. The van der Waals surface area contributed by atoms with Gasteiger partial charge in [-0.1, -0.05) is 322 Å². The molecule has 0 aromatic rings. The molecule has 0 heterocycles. The van der Waals surface area contributed by atoms with Crippen molar-refractivity contribution in [1.82, 2.24) is 0 Å². The Labute approximate surface area is 549 Å². The van der Waals surface area contributed by atoms with Crippen LogP contribution < -0.4 is 5.11 Å². The fourth-order valence-corrected chi connectivity index (χ4v) is 10.4. The zero-order valence-electron chi connectivity index (χ0n) is 58.5. The molecule has 0 aliphatic carbocycles. The Kier molecular flexibility index (Phi) is 66.7. The van der Waals surface area contributed by atoms with Crippen molar-refractivity contribution in [2.45, 2.75) is 334 Å². The predicted molar refractivity (Wildman–Crippen MR) is 380 cm³/mol. The first-order valence-electron chi connectivity index (χ1n) is 37.0. The first-order chi connectivity index (χ1) is 43.6. The summed E-state index contributed by atoms with van der Waals surface area (Å²) in [6, 6.07) is 0. The fraction of sp³-hybridized carbons (Fsp3) is 0.738. The molecule has 0 saturated carbocycles. The minimum atomic E-state index is -1.63. The Morgan fingerprint density at radius 2 is 0.607 bits per heavy atom. The maximum atomic E-state index is 13.0. The summed E-state index contributed by atoms with van der Waals surface area (Å²) >= 11 is 0. The number of aliphatic carboxylic acids is 1. The molecule has 0 aromatic heterocycles. The lowest BCUT2D eigenvalue weighted by Gasteiger charge is -2.26. The molecule has 9 heteroatoms. The molecule has 0 bridgehead atoms. The summed E-state index contributed by atoms with van der Waals surface area (Å²) in [5.74, 6) is -2.27. The highest BCUT2D eigenvalue weighted by Crippen LogP contribution is 2.18. The number of rotatable bonds is 68. The lowest BCUT2D eigenvalue weighted by Crippen LogP contribution is -2.44. The van der Waals surface area contributed by atoms with Gasteiger partial charge in [-0.2, -0.15) is 0 Å². The third-order valence-electron chi connectivity index (χ3n) is 16.0. The van der Waals surface area contributed by atoms with E-state index in [0.717, 1.165) is 89.9 Å². The summed E-state index contributed by atoms with van der Waals surface area (Å²) in [6.07, 6.45) is 94.7. The van der Waals surface area contributed by atoms with Gasteiger partial charge in [-0.15, -0.1) is 0 Å². The number of hydrogen-bond acceptors (Lipinski definition) is 8. The number of carboxylic acids is 1. The maximum absolute atomic E-state index is 13.0. The van der Waals surface area contributed by atoms with Crippen molar-refractivity contribution < 1.29 is 42.9 Å². The summed E-state index contributed by atoms with van der Waals surface area (Å²) in [4.78, 5) is 37.5. The third-order valence-corrected chi connectivity index (χ3v) is 16.0. The molecule has 0 N–H and O–H groups in total. The van der Waals surface area contributed by atoms with Crippen LogP contribution in [0.5, 0.6) is 0 Å². The highest BCUT2D eigenvalue weighted by Gasteiger charge is 2.22. The van der Waals surface area contributed by atoms with Crippen LogP contribution in [0, 0.1) is 0 Å². The maximum Gasteiger partial charge on any atom is 0.306 e. The minimum Gasteiger partial charge on any atom is -0.545 e. The van der Waals surface area contributed by atoms with Gasteiger partial charge in [0.05, 0.1) is 40.3 Å². The molecule has 512 valence electrons. The largest absolute Gasteiger partial charge is 0.545 e. The van der Waals surface area contributed by atoms with Crippen molar-refractivity contribution in [2.24, 2.45) is 0 Å². The molecular formula is C80H139NO8. The molecule has 0 radical (unpaired) electrons. The molecule has 0 aliphatic heterocycles. The average molecular weight is 1240 g/mol. The molecule has 0 spiro atoms. The van der Waals surface area contributed by atoms with Crippen molar-refractivity contribution in [1.29, 1.82) is 0 Å². The molecule has 9 nitrogen and oxygen atoms in total. The van der Waals surface area contributed by atoms with E-state index in [1.165, 1.54) is 199 Å². The van der Waals surface area contributed by atoms with E-state index in [9.17, 15) is 19.5 Å². The fourth-order valence-electron chi connectivity index (χ4n) is 10.4. The molecule has 0 aliphatic rings. The second-order valence-electron chi connectivity index (χ2n) is 25.8. The number of carbonyl (C=O) groups excluding carboxylic acids is 3. The Bertz CT molecular complexity index is 1830. The summed E-state index contributed by atoms with van der Waals surface area (Å²) in [5.41, 5.74) is 0. The van der Waals surface area contributed by atoms with Gasteiger partial charge in [-0.3, -0.25) is 9.59 Å². The number of carbonyl (C=O) groups is 3. The summed E-state index contributed by atoms with van der Waals surface area (Å²) in [7, 11) is 5.94. The van der Waals surface area contributed by atoms with Gasteiger partial charge in [-0.25, -0.2) is 0 Å². The number of unbranched alkanes of at least 4 members (excludes halogenated alkanes) is 35. The van der Waals surface area contributed by atoms with Crippen LogP contribution in [0.2, 0.25) is 0 Å².